The van der Waals surface area contributed by atoms with Crippen LogP contribution in [0.25, 0.3) is 0 Å². The van der Waals surface area contributed by atoms with Gasteiger partial charge in [0.15, 0.2) is 0 Å². The van der Waals surface area contributed by atoms with Gasteiger partial charge in [0.2, 0.25) is 5.91 Å². The molecule has 2 rings (SSSR count). The van der Waals surface area contributed by atoms with Crippen molar-refractivity contribution in [2.45, 2.75) is 38.3 Å². The minimum Gasteiger partial charge on any atom is -0.336 e. The summed E-state index contributed by atoms with van der Waals surface area (Å²) in [4.78, 5) is 18.0. The minimum absolute atomic E-state index is 0.0262. The molecule has 2 unspecified atom stereocenters. The number of pyridine rings is 1. The predicted molar refractivity (Wildman–Crippen MR) is 66.3 cm³/mol. The van der Waals surface area contributed by atoms with E-state index in [0.717, 1.165) is 24.1 Å². The monoisotopic (exact) mass is 233 g/mol. The number of likely N-dealkylation sites (N-methyl/N-ethyl adjacent to an activating group) is 1. The summed E-state index contributed by atoms with van der Waals surface area (Å²) in [6.07, 6.45) is 4.15. The number of carbonyl (C=O) groups excluding carboxylic acids is 1. The highest BCUT2D eigenvalue weighted by molar-refractivity contribution is 5.76. The summed E-state index contributed by atoms with van der Waals surface area (Å²) >= 11 is 0. The zero-order valence-corrected chi connectivity index (χ0v) is 10.4. The Morgan fingerprint density at radius 2 is 2.24 bits per heavy atom. The summed E-state index contributed by atoms with van der Waals surface area (Å²) in [7, 11) is 1.82. The fraction of sp³-hybridized carbons (Fsp3) is 0.538. The molecule has 92 valence electrons. The summed E-state index contributed by atoms with van der Waals surface area (Å²) in [6.45, 7) is 2.00. The summed E-state index contributed by atoms with van der Waals surface area (Å²) < 4.78 is 0. The topological polar surface area (TPSA) is 59.2 Å². The number of nitrogens with zero attached hydrogens (tertiary/aromatic N) is 2. The van der Waals surface area contributed by atoms with Crippen molar-refractivity contribution in [3.05, 3.63) is 29.6 Å². The van der Waals surface area contributed by atoms with Gasteiger partial charge in [-0.1, -0.05) is 6.07 Å². The molecular formula is C13H19N3O. The Morgan fingerprint density at radius 1 is 1.47 bits per heavy atom. The van der Waals surface area contributed by atoms with Crippen molar-refractivity contribution >= 4 is 5.91 Å². The Labute approximate surface area is 102 Å². The third-order valence-corrected chi connectivity index (χ3v) is 3.38. The second-order valence-electron chi connectivity index (χ2n) is 4.77. The molecule has 0 spiro atoms. The average molecular weight is 233 g/mol. The highest BCUT2D eigenvalue weighted by Gasteiger charge is 2.30. The first-order valence-electron chi connectivity index (χ1n) is 6.03. The number of hydrogen-bond acceptors (Lipinski definition) is 3. The van der Waals surface area contributed by atoms with Crippen LogP contribution in [0.15, 0.2) is 18.3 Å². The number of likely N-dealkylation sites (tertiary alicyclic amines) is 1. The van der Waals surface area contributed by atoms with Gasteiger partial charge in [-0.05, 0) is 31.4 Å². The van der Waals surface area contributed by atoms with Crippen LogP contribution in [0.2, 0.25) is 0 Å². The molecule has 1 aliphatic rings. The highest BCUT2D eigenvalue weighted by atomic mass is 16.2. The smallest absolute Gasteiger partial charge is 0.222 e. The molecule has 1 fully saturated rings. The quantitative estimate of drug-likeness (QED) is 0.797. The molecule has 1 amide bonds. The number of amides is 1. The number of nitrogens with two attached hydrogens (primary N) is 1. The van der Waals surface area contributed by atoms with Crippen LogP contribution in [-0.4, -0.2) is 28.9 Å². The van der Waals surface area contributed by atoms with E-state index in [1.54, 1.807) is 4.90 Å². The molecule has 0 aliphatic carbocycles. The van der Waals surface area contributed by atoms with Gasteiger partial charge in [-0.2, -0.15) is 0 Å². The third kappa shape index (κ3) is 2.47. The predicted octanol–water partition coefficient (Wildman–Crippen LogP) is 1.40. The first-order valence-corrected chi connectivity index (χ1v) is 6.03. The van der Waals surface area contributed by atoms with Crippen LogP contribution < -0.4 is 5.73 Å². The van der Waals surface area contributed by atoms with E-state index in [4.69, 9.17) is 5.73 Å². The molecule has 2 atom stereocenters. The molecule has 1 aliphatic heterocycles. The lowest BCUT2D eigenvalue weighted by Crippen LogP contribution is -2.40. The average Bonchev–Trinajstić information content (AvgIpc) is 2.42. The number of carbonyl (C=O) groups is 1. The van der Waals surface area contributed by atoms with Crippen LogP contribution in [-0.2, 0) is 4.79 Å². The SMILES string of the molecule is Cc1ccc(C2C(N)CCCC(=O)N2C)nc1. The zero-order chi connectivity index (χ0) is 12.4. The molecule has 1 aromatic rings. The van der Waals surface area contributed by atoms with Crippen LogP contribution in [0, 0.1) is 6.92 Å². The van der Waals surface area contributed by atoms with Crippen molar-refractivity contribution in [2.24, 2.45) is 5.73 Å². The molecule has 0 saturated carbocycles. The lowest BCUT2D eigenvalue weighted by molar-refractivity contribution is -0.131. The Balaban J connectivity index is 2.32. The van der Waals surface area contributed by atoms with Gasteiger partial charge in [0.05, 0.1) is 11.7 Å². The lowest BCUT2D eigenvalue weighted by Gasteiger charge is -2.29. The Bertz CT molecular complexity index is 402. The van der Waals surface area contributed by atoms with Crippen molar-refractivity contribution < 1.29 is 4.79 Å². The molecule has 4 nitrogen and oxygen atoms in total. The molecule has 0 aromatic carbocycles. The zero-order valence-electron chi connectivity index (χ0n) is 10.4. The van der Waals surface area contributed by atoms with E-state index in [1.807, 2.05) is 32.3 Å². The first kappa shape index (κ1) is 12.0. The van der Waals surface area contributed by atoms with Crippen LogP contribution in [0.1, 0.15) is 36.6 Å². The summed E-state index contributed by atoms with van der Waals surface area (Å²) in [5.41, 5.74) is 8.17. The van der Waals surface area contributed by atoms with Gasteiger partial charge >= 0.3 is 0 Å². The van der Waals surface area contributed by atoms with Crippen molar-refractivity contribution in [3.8, 4) is 0 Å². The molecule has 0 radical (unpaired) electrons. The number of aryl methyl sites for hydroxylation is 1. The Hall–Kier alpha value is -1.42. The van der Waals surface area contributed by atoms with Crippen LogP contribution >= 0.6 is 0 Å². The van der Waals surface area contributed by atoms with E-state index >= 15 is 0 Å². The molecule has 2 heterocycles. The fourth-order valence-electron chi connectivity index (χ4n) is 2.34. The van der Waals surface area contributed by atoms with Crippen molar-refractivity contribution in [2.75, 3.05) is 7.05 Å². The van der Waals surface area contributed by atoms with Gasteiger partial charge in [-0.25, -0.2) is 0 Å². The minimum atomic E-state index is -0.0920. The lowest BCUT2D eigenvalue weighted by atomic mass is 10.0. The molecule has 1 aromatic heterocycles. The second kappa shape index (κ2) is 4.84. The van der Waals surface area contributed by atoms with Crippen LogP contribution in [0.3, 0.4) is 0 Å². The van der Waals surface area contributed by atoms with Crippen LogP contribution in [0.4, 0.5) is 0 Å². The molecule has 0 bridgehead atoms. The highest BCUT2D eigenvalue weighted by Crippen LogP contribution is 2.27. The maximum Gasteiger partial charge on any atom is 0.222 e. The van der Waals surface area contributed by atoms with Gasteiger partial charge in [0.1, 0.15) is 0 Å². The number of aromatic nitrogens is 1. The van der Waals surface area contributed by atoms with E-state index in [0.29, 0.717) is 6.42 Å². The Morgan fingerprint density at radius 3 is 2.88 bits per heavy atom. The fourth-order valence-corrected chi connectivity index (χ4v) is 2.34. The van der Waals surface area contributed by atoms with Gasteiger partial charge in [-0.3, -0.25) is 9.78 Å². The first-order chi connectivity index (χ1) is 8.09. The number of rotatable bonds is 1. The Kier molecular flexibility index (Phi) is 3.43. The van der Waals surface area contributed by atoms with E-state index in [9.17, 15) is 4.79 Å². The molecule has 1 saturated heterocycles. The van der Waals surface area contributed by atoms with Gasteiger partial charge in [-0.15, -0.1) is 0 Å². The second-order valence-corrected chi connectivity index (χ2v) is 4.77. The van der Waals surface area contributed by atoms with E-state index < -0.39 is 0 Å². The molecule has 4 heteroatoms. The van der Waals surface area contributed by atoms with Crippen molar-refractivity contribution in [1.82, 2.24) is 9.88 Å². The van der Waals surface area contributed by atoms with E-state index in [2.05, 4.69) is 4.98 Å². The van der Waals surface area contributed by atoms with Gasteiger partial charge < -0.3 is 10.6 Å². The number of hydrogen-bond donors (Lipinski definition) is 1. The van der Waals surface area contributed by atoms with E-state index in [-0.39, 0.29) is 18.0 Å². The summed E-state index contributed by atoms with van der Waals surface area (Å²) in [5, 5.41) is 0. The van der Waals surface area contributed by atoms with Crippen molar-refractivity contribution in [1.29, 1.82) is 0 Å². The van der Waals surface area contributed by atoms with Crippen LogP contribution in [0.5, 0.6) is 0 Å². The summed E-state index contributed by atoms with van der Waals surface area (Å²) in [5.74, 6) is 0.158. The molecule has 17 heavy (non-hydrogen) atoms. The standard InChI is InChI=1S/C13H19N3O/c1-9-6-7-11(15-8-9)13-10(14)4-3-5-12(17)16(13)2/h6-8,10,13H,3-5,14H2,1-2H3. The van der Waals surface area contributed by atoms with E-state index in [1.165, 1.54) is 0 Å². The maximum atomic E-state index is 11.9. The summed E-state index contributed by atoms with van der Waals surface area (Å²) in [6, 6.07) is 3.86. The molecular weight excluding hydrogens is 214 g/mol. The normalized spacial score (nSPS) is 25.8. The maximum absolute atomic E-state index is 11.9. The van der Waals surface area contributed by atoms with Gasteiger partial charge in [0, 0.05) is 25.7 Å². The van der Waals surface area contributed by atoms with Gasteiger partial charge in [0.25, 0.3) is 0 Å². The van der Waals surface area contributed by atoms with Crippen molar-refractivity contribution in [3.63, 3.8) is 0 Å². The molecule has 2 N–H and O–H groups in total. The third-order valence-electron chi connectivity index (χ3n) is 3.38. The largest absolute Gasteiger partial charge is 0.336 e.